The summed E-state index contributed by atoms with van der Waals surface area (Å²) in [7, 11) is 1.41. The van der Waals surface area contributed by atoms with Gasteiger partial charge in [0.25, 0.3) is 23.6 Å². The van der Waals surface area contributed by atoms with Crippen molar-refractivity contribution in [1.29, 1.82) is 0 Å². The van der Waals surface area contributed by atoms with Gasteiger partial charge in [-0.05, 0) is 119 Å². The Balaban J connectivity index is 1.01. The second kappa shape index (κ2) is 15.5. The van der Waals surface area contributed by atoms with Gasteiger partial charge >= 0.3 is 12.4 Å². The summed E-state index contributed by atoms with van der Waals surface area (Å²) < 4.78 is 102. The number of benzene rings is 6. The highest BCUT2D eigenvalue weighted by Crippen LogP contribution is 2.57. The average Bonchev–Trinajstić information content (AvgIpc) is 3.62. The molecule has 8 rings (SSSR count). The largest absolute Gasteiger partial charge is 0.506 e. The van der Waals surface area contributed by atoms with Crippen LogP contribution in [-0.2, 0) is 10.8 Å². The van der Waals surface area contributed by atoms with E-state index >= 15 is 0 Å². The van der Waals surface area contributed by atoms with Crippen LogP contribution in [0.1, 0.15) is 83.1 Å². The third-order valence-electron chi connectivity index (χ3n) is 11.8. The molecule has 6 aromatic rings. The number of amides is 4. The number of carbonyl (C=O) groups excluding carboxylic acids is 4. The van der Waals surface area contributed by atoms with Crippen molar-refractivity contribution in [3.05, 3.63) is 176 Å². The molecule has 1 N–H and O–H groups in total. The smallest absolute Gasteiger partial charge is 0.411 e. The number of anilines is 1. The van der Waals surface area contributed by atoms with Gasteiger partial charge in [-0.2, -0.15) is 26.3 Å². The fourth-order valence-corrected chi connectivity index (χ4v) is 8.13. The molecule has 2 aliphatic heterocycles. The molecular formula is C48H33F6N3O8. The van der Waals surface area contributed by atoms with Crippen molar-refractivity contribution in [2.75, 3.05) is 11.9 Å². The van der Waals surface area contributed by atoms with Gasteiger partial charge in [0.15, 0.2) is 0 Å². The molecule has 0 radical (unpaired) electrons. The second-order valence-electron chi connectivity index (χ2n) is 15.9. The zero-order chi connectivity index (χ0) is 47.0. The standard InChI is InChI=1S/C48H33F6N3O8/c1-25-21-28(9-19-38(25)55-63)46(47(49,50)51,48(52,53)54)29-10-20-40(58)39(22-29)57-43(61)35-18-16-33(24-37(35)44(57)62)65-31-13-7-27(8-14-31)45(2,3)26-5-11-30(12-6-26)64-32-15-17-34-36(23-32)42(60)56(4)41(34)59/h5-24,58H,1-4H3. The predicted molar refractivity (Wildman–Crippen MR) is 223 cm³/mol. The van der Waals surface area contributed by atoms with Crippen LogP contribution in [0.4, 0.5) is 37.7 Å². The molecule has 0 saturated heterocycles. The van der Waals surface area contributed by atoms with Gasteiger partial charge in [0.05, 0.1) is 27.9 Å². The van der Waals surface area contributed by atoms with Crippen LogP contribution in [0, 0.1) is 11.8 Å². The minimum Gasteiger partial charge on any atom is -0.506 e. The topological polar surface area (TPSA) is 143 Å². The van der Waals surface area contributed by atoms with E-state index < -0.39 is 63.5 Å². The Labute approximate surface area is 365 Å². The quantitative estimate of drug-likeness (QED) is 0.0813. The molecular weight excluding hydrogens is 861 g/mol. The Morgan fingerprint density at radius 3 is 1.43 bits per heavy atom. The molecule has 0 aliphatic carbocycles. The number of halogens is 6. The second-order valence-corrected chi connectivity index (χ2v) is 15.9. The molecule has 65 heavy (non-hydrogen) atoms. The molecule has 6 aromatic carbocycles. The van der Waals surface area contributed by atoms with Crippen LogP contribution >= 0.6 is 0 Å². The van der Waals surface area contributed by atoms with Crippen LogP contribution in [0.25, 0.3) is 0 Å². The first kappa shape index (κ1) is 43.8. The summed E-state index contributed by atoms with van der Waals surface area (Å²) in [6, 6.07) is 25.7. The molecule has 11 nitrogen and oxygen atoms in total. The lowest BCUT2D eigenvalue weighted by molar-refractivity contribution is -0.288. The van der Waals surface area contributed by atoms with Crippen molar-refractivity contribution in [3.63, 3.8) is 0 Å². The summed E-state index contributed by atoms with van der Waals surface area (Å²) in [5.74, 6) is -2.75. The number of rotatable bonds is 10. The first-order valence-electron chi connectivity index (χ1n) is 19.6. The van der Waals surface area contributed by atoms with E-state index in [0.717, 1.165) is 29.0 Å². The molecule has 17 heteroatoms. The maximum atomic E-state index is 15.0. The minimum atomic E-state index is -6.07. The number of nitroso groups, excluding NO2 is 1. The van der Waals surface area contributed by atoms with Gasteiger partial charge < -0.3 is 14.6 Å². The van der Waals surface area contributed by atoms with E-state index in [9.17, 15) is 55.5 Å². The SMILES string of the molecule is Cc1cc(C(c2ccc(O)c(N3C(=O)c4ccc(Oc5ccc(C(C)(C)c6ccc(Oc7ccc8c(c7)C(=O)N(C)C8=O)cc6)cc5)cc4C3=O)c2)(C(F)(F)F)C(F)(F)F)ccc1N=O. The van der Waals surface area contributed by atoms with E-state index in [-0.39, 0.29) is 39.6 Å². The number of aryl methyl sites for hydroxylation is 1. The summed E-state index contributed by atoms with van der Waals surface area (Å²) in [5.41, 5.74) is -7.83. The van der Waals surface area contributed by atoms with Crippen molar-refractivity contribution >= 4 is 35.0 Å². The average molecular weight is 894 g/mol. The van der Waals surface area contributed by atoms with Crippen LogP contribution in [0.2, 0.25) is 0 Å². The van der Waals surface area contributed by atoms with E-state index in [0.29, 0.717) is 58.0 Å². The van der Waals surface area contributed by atoms with Gasteiger partial charge in [0.1, 0.15) is 34.4 Å². The van der Waals surface area contributed by atoms with Gasteiger partial charge in [0, 0.05) is 12.5 Å². The summed E-state index contributed by atoms with van der Waals surface area (Å²) in [5, 5.41) is 13.4. The molecule has 4 amide bonds. The zero-order valence-corrected chi connectivity index (χ0v) is 34.5. The lowest BCUT2D eigenvalue weighted by Crippen LogP contribution is -2.54. The molecule has 2 aliphatic rings. The maximum Gasteiger partial charge on any atom is 0.411 e. The molecule has 0 spiro atoms. The molecule has 0 aromatic heterocycles. The van der Waals surface area contributed by atoms with Crippen molar-refractivity contribution in [2.45, 2.75) is 44.0 Å². The number of fused-ring (bicyclic) bond motifs is 2. The normalized spacial score (nSPS) is 14.2. The number of phenols is 1. The molecule has 0 saturated carbocycles. The third kappa shape index (κ3) is 7.12. The van der Waals surface area contributed by atoms with Crippen LogP contribution in [0.15, 0.2) is 127 Å². The number of nitrogens with zero attached hydrogens (tertiary/aromatic N) is 3. The minimum absolute atomic E-state index is 0.0652. The number of hydrogen-bond acceptors (Lipinski definition) is 9. The van der Waals surface area contributed by atoms with E-state index in [2.05, 4.69) is 5.18 Å². The van der Waals surface area contributed by atoms with Crippen LogP contribution < -0.4 is 14.4 Å². The summed E-state index contributed by atoms with van der Waals surface area (Å²) in [6.45, 7) is 5.11. The highest BCUT2D eigenvalue weighted by molar-refractivity contribution is 6.35. The van der Waals surface area contributed by atoms with Gasteiger partial charge in [-0.25, -0.2) is 4.90 Å². The van der Waals surface area contributed by atoms with Gasteiger partial charge in [-0.3, -0.25) is 24.1 Å². The van der Waals surface area contributed by atoms with Crippen molar-refractivity contribution in [2.24, 2.45) is 5.18 Å². The van der Waals surface area contributed by atoms with E-state index in [1.54, 1.807) is 36.4 Å². The van der Waals surface area contributed by atoms with E-state index in [1.807, 2.05) is 38.1 Å². The fraction of sp³-hybridized carbons (Fsp3) is 0.167. The number of alkyl halides is 6. The number of carbonyl (C=O) groups is 4. The maximum absolute atomic E-state index is 15.0. The summed E-state index contributed by atoms with van der Waals surface area (Å²) >= 11 is 0. The van der Waals surface area contributed by atoms with Gasteiger partial charge in [-0.15, -0.1) is 4.91 Å². The Hall–Kier alpha value is -7.82. The number of hydrogen-bond donors (Lipinski definition) is 1. The van der Waals surface area contributed by atoms with Crippen LogP contribution in [0.5, 0.6) is 28.7 Å². The van der Waals surface area contributed by atoms with Crippen molar-refractivity contribution < 1.29 is 60.1 Å². The lowest BCUT2D eigenvalue weighted by atomic mass is 9.72. The molecule has 0 atom stereocenters. The van der Waals surface area contributed by atoms with Crippen LogP contribution in [-0.4, -0.2) is 53.0 Å². The van der Waals surface area contributed by atoms with E-state index in [1.165, 1.54) is 31.3 Å². The van der Waals surface area contributed by atoms with Crippen molar-refractivity contribution in [1.82, 2.24) is 4.90 Å². The number of ether oxygens (including phenoxy) is 2. The molecule has 2 heterocycles. The van der Waals surface area contributed by atoms with Crippen LogP contribution in [0.3, 0.4) is 0 Å². The monoisotopic (exact) mass is 893 g/mol. The summed E-state index contributed by atoms with van der Waals surface area (Å²) in [4.78, 5) is 64.5. The van der Waals surface area contributed by atoms with Gasteiger partial charge in [0.2, 0.25) is 5.41 Å². The predicted octanol–water partition coefficient (Wildman–Crippen LogP) is 11.4. The molecule has 330 valence electrons. The third-order valence-corrected chi connectivity index (χ3v) is 11.8. The summed E-state index contributed by atoms with van der Waals surface area (Å²) in [6.07, 6.45) is -12.1. The number of phenolic OH excluding ortho intramolecular Hbond substituents is 1. The van der Waals surface area contributed by atoms with E-state index in [4.69, 9.17) is 9.47 Å². The molecule has 0 fully saturated rings. The van der Waals surface area contributed by atoms with Gasteiger partial charge in [-0.1, -0.05) is 56.3 Å². The number of aromatic hydroxyl groups is 1. The fourth-order valence-electron chi connectivity index (χ4n) is 8.13. The first-order valence-corrected chi connectivity index (χ1v) is 19.6. The Kier molecular flexibility index (Phi) is 10.4. The first-order chi connectivity index (χ1) is 30.6. The number of imide groups is 2. The molecule has 0 unspecified atom stereocenters. The zero-order valence-electron chi connectivity index (χ0n) is 34.5. The highest BCUT2D eigenvalue weighted by atomic mass is 19.4. The lowest BCUT2D eigenvalue weighted by Gasteiger charge is -2.39. The Morgan fingerprint density at radius 1 is 0.523 bits per heavy atom. The van der Waals surface area contributed by atoms with Crippen molar-refractivity contribution in [3.8, 4) is 28.7 Å². The highest BCUT2D eigenvalue weighted by Gasteiger charge is 2.72. The molecule has 0 bridgehead atoms. The Bertz CT molecular complexity index is 2970. The Morgan fingerprint density at radius 2 is 0.938 bits per heavy atom.